The molecule has 0 saturated heterocycles. The molecule has 0 aromatic heterocycles. The van der Waals surface area contributed by atoms with E-state index in [1.807, 2.05) is 0 Å². The third-order valence-corrected chi connectivity index (χ3v) is 5.78. The number of halogens is 1. The van der Waals surface area contributed by atoms with Gasteiger partial charge in [0.2, 0.25) is 0 Å². The Kier molecular flexibility index (Phi) is 6.42. The van der Waals surface area contributed by atoms with Crippen LogP contribution in [0.5, 0.6) is 11.5 Å². The van der Waals surface area contributed by atoms with E-state index in [9.17, 15) is 8.96 Å². The van der Waals surface area contributed by atoms with E-state index in [4.69, 9.17) is 18.5 Å². The van der Waals surface area contributed by atoms with Crippen LogP contribution in [0.15, 0.2) is 42.5 Å². The largest absolute Gasteiger partial charge is 0.493 e. The molecule has 0 radical (unpaired) electrons. The molecule has 0 bridgehead atoms. The topological polar surface area (TPSA) is 66.0 Å². The lowest BCUT2D eigenvalue weighted by Crippen LogP contribution is -2.15. The number of hydrogen-bond acceptors (Lipinski definition) is 6. The Morgan fingerprint density at radius 1 is 0.960 bits per heavy atom. The highest BCUT2D eigenvalue weighted by atomic mass is 31.2. The summed E-state index contributed by atoms with van der Waals surface area (Å²) in [5.41, 5.74) is 0.615. The smallest absolute Gasteiger partial charge is 0.356 e. The Morgan fingerprint density at radius 3 is 2.20 bits per heavy atom. The summed E-state index contributed by atoms with van der Waals surface area (Å²) in [6.45, 7) is 0. The second kappa shape index (κ2) is 8.34. The molecule has 25 heavy (non-hydrogen) atoms. The summed E-state index contributed by atoms with van der Waals surface area (Å²) in [6, 6.07) is 11.2. The van der Waals surface area contributed by atoms with E-state index in [1.54, 1.807) is 30.3 Å². The van der Waals surface area contributed by atoms with Crippen LogP contribution in [0.3, 0.4) is 0 Å². The Hall–Kier alpha value is -2.08. The molecule has 0 spiro atoms. The molecular formula is C17H21FNO5P. The van der Waals surface area contributed by atoms with Gasteiger partial charge in [-0.1, -0.05) is 24.3 Å². The van der Waals surface area contributed by atoms with E-state index in [2.05, 4.69) is 5.32 Å². The Morgan fingerprint density at radius 2 is 1.64 bits per heavy atom. The van der Waals surface area contributed by atoms with Gasteiger partial charge < -0.3 is 23.8 Å². The number of para-hydroxylation sites is 2. The van der Waals surface area contributed by atoms with Crippen molar-refractivity contribution in [2.75, 3.05) is 33.8 Å². The highest BCUT2D eigenvalue weighted by Crippen LogP contribution is 2.61. The van der Waals surface area contributed by atoms with Gasteiger partial charge in [-0.15, -0.1) is 0 Å². The van der Waals surface area contributed by atoms with Crippen molar-refractivity contribution >= 4 is 13.3 Å². The van der Waals surface area contributed by atoms with Crippen LogP contribution in [0.25, 0.3) is 0 Å². The van der Waals surface area contributed by atoms with Gasteiger partial charge in [-0.3, -0.25) is 4.57 Å². The van der Waals surface area contributed by atoms with Crippen molar-refractivity contribution in [3.05, 3.63) is 53.8 Å². The maximum Gasteiger partial charge on any atom is 0.356 e. The zero-order chi connectivity index (χ0) is 18.4. The molecule has 1 atom stereocenters. The fraction of sp³-hybridized carbons (Fsp3) is 0.294. The summed E-state index contributed by atoms with van der Waals surface area (Å²) in [5, 5.41) is 2.91. The van der Waals surface area contributed by atoms with Crippen LogP contribution in [-0.2, 0) is 13.6 Å². The van der Waals surface area contributed by atoms with E-state index >= 15 is 0 Å². The zero-order valence-corrected chi connectivity index (χ0v) is 15.4. The fourth-order valence-corrected chi connectivity index (χ4v) is 3.88. The number of hydrogen-bond donors (Lipinski definition) is 1. The summed E-state index contributed by atoms with van der Waals surface area (Å²) >= 11 is 0. The first kappa shape index (κ1) is 19.2. The lowest BCUT2D eigenvalue weighted by atomic mass is 10.1. The maximum atomic E-state index is 14.1. The SMILES string of the molecule is COc1cccc(C(Nc2ccccc2F)P(=O)(OC)OC)c1OC. The van der Waals surface area contributed by atoms with Crippen molar-refractivity contribution in [1.82, 2.24) is 0 Å². The average Bonchev–Trinajstić information content (AvgIpc) is 2.66. The molecular weight excluding hydrogens is 348 g/mol. The fourth-order valence-electron chi connectivity index (χ4n) is 2.47. The van der Waals surface area contributed by atoms with Gasteiger partial charge in [-0.05, 0) is 18.2 Å². The minimum atomic E-state index is -3.68. The van der Waals surface area contributed by atoms with Crippen LogP contribution in [0.4, 0.5) is 10.1 Å². The summed E-state index contributed by atoms with van der Waals surface area (Å²) in [4.78, 5) is 0. The van der Waals surface area contributed by atoms with Crippen LogP contribution in [0.2, 0.25) is 0 Å². The van der Waals surface area contributed by atoms with Gasteiger partial charge in [0.1, 0.15) is 5.82 Å². The molecule has 0 aliphatic heterocycles. The minimum Gasteiger partial charge on any atom is -0.493 e. The van der Waals surface area contributed by atoms with Gasteiger partial charge >= 0.3 is 7.60 Å². The van der Waals surface area contributed by atoms with E-state index in [-0.39, 0.29) is 5.69 Å². The lowest BCUT2D eigenvalue weighted by Gasteiger charge is -2.28. The summed E-state index contributed by atoms with van der Waals surface area (Å²) in [6.07, 6.45) is 0. The van der Waals surface area contributed by atoms with E-state index in [1.165, 1.54) is 40.6 Å². The molecule has 0 saturated carbocycles. The van der Waals surface area contributed by atoms with Crippen molar-refractivity contribution in [1.29, 1.82) is 0 Å². The number of ether oxygens (including phenoxy) is 2. The first-order valence-corrected chi connectivity index (χ1v) is 9.05. The molecule has 6 nitrogen and oxygen atoms in total. The van der Waals surface area contributed by atoms with Crippen LogP contribution in [-0.4, -0.2) is 28.4 Å². The molecule has 0 aliphatic rings. The third kappa shape index (κ3) is 3.95. The summed E-state index contributed by atoms with van der Waals surface area (Å²) < 4.78 is 48.2. The summed E-state index contributed by atoms with van der Waals surface area (Å²) in [5.74, 6) is -0.704. The van der Waals surface area contributed by atoms with Crippen LogP contribution in [0.1, 0.15) is 11.3 Å². The first-order chi connectivity index (χ1) is 12.0. The third-order valence-electron chi connectivity index (χ3n) is 3.72. The van der Waals surface area contributed by atoms with Crippen molar-refractivity contribution in [3.63, 3.8) is 0 Å². The minimum absolute atomic E-state index is 0.159. The average molecular weight is 369 g/mol. The number of rotatable bonds is 8. The standard InChI is InChI=1S/C17H21FNO5P/c1-21-15-11-7-8-12(16(15)22-2)17(25(20,23-3)24-4)19-14-10-6-5-9-13(14)18/h5-11,17,19H,1-4H3. The van der Waals surface area contributed by atoms with Crippen LogP contribution < -0.4 is 14.8 Å². The molecule has 2 aromatic rings. The molecule has 0 fully saturated rings. The van der Waals surface area contributed by atoms with Crippen LogP contribution >= 0.6 is 7.60 Å². The number of methoxy groups -OCH3 is 2. The van der Waals surface area contributed by atoms with Crippen molar-refractivity contribution in [3.8, 4) is 11.5 Å². The molecule has 1 N–H and O–H groups in total. The molecule has 2 rings (SSSR count). The highest BCUT2D eigenvalue weighted by molar-refractivity contribution is 7.54. The van der Waals surface area contributed by atoms with E-state index < -0.39 is 19.2 Å². The van der Waals surface area contributed by atoms with Gasteiger partial charge in [-0.25, -0.2) is 4.39 Å². The predicted molar refractivity (Wildman–Crippen MR) is 93.9 cm³/mol. The summed E-state index contributed by atoms with van der Waals surface area (Å²) in [7, 11) is 1.82. The van der Waals surface area contributed by atoms with Crippen molar-refractivity contribution in [2.45, 2.75) is 5.78 Å². The molecule has 136 valence electrons. The molecule has 2 aromatic carbocycles. The Balaban J connectivity index is 2.61. The second-order valence-electron chi connectivity index (χ2n) is 5.01. The molecule has 0 amide bonds. The second-order valence-corrected chi connectivity index (χ2v) is 7.34. The molecule has 1 unspecified atom stereocenters. The van der Waals surface area contributed by atoms with E-state index in [0.29, 0.717) is 17.1 Å². The van der Waals surface area contributed by atoms with Crippen LogP contribution in [0, 0.1) is 5.82 Å². The Bertz CT molecular complexity index is 762. The van der Waals surface area contributed by atoms with Crippen molar-refractivity contribution < 1.29 is 27.5 Å². The number of nitrogens with one attached hydrogen (secondary N) is 1. The monoisotopic (exact) mass is 369 g/mol. The molecule has 0 aliphatic carbocycles. The predicted octanol–water partition coefficient (Wildman–Crippen LogP) is 4.44. The van der Waals surface area contributed by atoms with Gasteiger partial charge in [0.05, 0.1) is 19.9 Å². The van der Waals surface area contributed by atoms with Gasteiger partial charge in [0, 0.05) is 19.8 Å². The van der Waals surface area contributed by atoms with Gasteiger partial charge in [0.15, 0.2) is 17.3 Å². The molecule has 8 heteroatoms. The van der Waals surface area contributed by atoms with E-state index in [0.717, 1.165) is 0 Å². The van der Waals surface area contributed by atoms with Gasteiger partial charge in [0.25, 0.3) is 0 Å². The number of anilines is 1. The normalized spacial score (nSPS) is 12.5. The highest BCUT2D eigenvalue weighted by Gasteiger charge is 2.38. The zero-order valence-electron chi connectivity index (χ0n) is 14.5. The Labute approximate surface area is 146 Å². The number of benzene rings is 2. The van der Waals surface area contributed by atoms with Crippen molar-refractivity contribution in [2.24, 2.45) is 0 Å². The lowest BCUT2D eigenvalue weighted by molar-refractivity contribution is 0.267. The first-order valence-electron chi connectivity index (χ1n) is 7.43. The molecule has 0 heterocycles. The quantitative estimate of drug-likeness (QED) is 0.694. The van der Waals surface area contributed by atoms with Gasteiger partial charge in [-0.2, -0.15) is 0 Å². The maximum absolute atomic E-state index is 14.1.